The van der Waals surface area contributed by atoms with Crippen LogP contribution in [0.15, 0.2) is 29.3 Å². The second-order valence-electron chi connectivity index (χ2n) is 6.50. The van der Waals surface area contributed by atoms with E-state index in [2.05, 4.69) is 34.8 Å². The number of amides is 1. The molecular weight excluding hydrogens is 300 g/mol. The average Bonchev–Trinajstić information content (AvgIpc) is 3.41. The van der Waals surface area contributed by atoms with Crippen LogP contribution in [0, 0.1) is 5.92 Å². The topological polar surface area (TPSA) is 65.5 Å². The summed E-state index contributed by atoms with van der Waals surface area (Å²) >= 11 is 0. The van der Waals surface area contributed by atoms with Crippen molar-refractivity contribution < 1.29 is 4.79 Å². The maximum atomic E-state index is 12.2. The van der Waals surface area contributed by atoms with Crippen LogP contribution in [0.3, 0.4) is 0 Å². The van der Waals surface area contributed by atoms with Crippen LogP contribution in [0.2, 0.25) is 0 Å². The Hall–Kier alpha value is -2.04. The second kappa shape index (κ2) is 9.30. The number of carbonyl (C=O) groups excluding carboxylic acids is 1. The van der Waals surface area contributed by atoms with Crippen molar-refractivity contribution in [2.24, 2.45) is 10.9 Å². The lowest BCUT2D eigenvalue weighted by Crippen LogP contribution is -2.38. The fraction of sp³-hybridized carbons (Fsp3) is 0.579. The molecule has 1 amide bonds. The SMILES string of the molecule is CCNC(=NCc1cccc(C(=O)NC(C)CC)c1)NCC1CC1. The quantitative estimate of drug-likeness (QED) is 0.507. The summed E-state index contributed by atoms with van der Waals surface area (Å²) in [6.07, 6.45) is 3.56. The summed E-state index contributed by atoms with van der Waals surface area (Å²) in [6, 6.07) is 7.88. The van der Waals surface area contributed by atoms with Crippen molar-refractivity contribution in [1.29, 1.82) is 0 Å². The highest BCUT2D eigenvalue weighted by molar-refractivity contribution is 5.94. The Morgan fingerprint density at radius 2 is 2.08 bits per heavy atom. The molecule has 2 rings (SSSR count). The summed E-state index contributed by atoms with van der Waals surface area (Å²) in [5.41, 5.74) is 1.73. The fourth-order valence-electron chi connectivity index (χ4n) is 2.30. The Bertz CT molecular complexity index is 566. The molecule has 0 radical (unpaired) electrons. The summed E-state index contributed by atoms with van der Waals surface area (Å²) in [5, 5.41) is 9.65. The Morgan fingerprint density at radius 1 is 1.29 bits per heavy atom. The van der Waals surface area contributed by atoms with E-state index in [0.717, 1.165) is 37.0 Å². The number of hydrogen-bond acceptors (Lipinski definition) is 2. The van der Waals surface area contributed by atoms with Crippen molar-refractivity contribution in [3.05, 3.63) is 35.4 Å². The molecule has 1 unspecified atom stereocenters. The van der Waals surface area contributed by atoms with Crippen LogP contribution < -0.4 is 16.0 Å². The monoisotopic (exact) mass is 330 g/mol. The second-order valence-corrected chi connectivity index (χ2v) is 6.50. The van der Waals surface area contributed by atoms with Gasteiger partial charge in [0.05, 0.1) is 6.54 Å². The normalized spacial score (nSPS) is 15.7. The van der Waals surface area contributed by atoms with Gasteiger partial charge in [0, 0.05) is 24.7 Å². The van der Waals surface area contributed by atoms with Crippen LogP contribution in [-0.4, -0.2) is 31.0 Å². The molecule has 24 heavy (non-hydrogen) atoms. The van der Waals surface area contributed by atoms with Crippen molar-refractivity contribution in [2.45, 2.75) is 52.6 Å². The van der Waals surface area contributed by atoms with Gasteiger partial charge in [-0.25, -0.2) is 4.99 Å². The highest BCUT2D eigenvalue weighted by atomic mass is 16.1. The lowest BCUT2D eigenvalue weighted by atomic mass is 10.1. The van der Waals surface area contributed by atoms with Gasteiger partial charge in [0.15, 0.2) is 5.96 Å². The van der Waals surface area contributed by atoms with E-state index in [0.29, 0.717) is 12.1 Å². The molecule has 3 N–H and O–H groups in total. The van der Waals surface area contributed by atoms with E-state index in [4.69, 9.17) is 0 Å². The van der Waals surface area contributed by atoms with Gasteiger partial charge in [0.25, 0.3) is 5.91 Å². The molecule has 1 aromatic rings. The van der Waals surface area contributed by atoms with E-state index >= 15 is 0 Å². The van der Waals surface area contributed by atoms with E-state index in [1.807, 2.05) is 31.2 Å². The highest BCUT2D eigenvalue weighted by Gasteiger charge is 2.21. The standard InChI is InChI=1S/C19H30N4O/c1-4-14(3)23-18(24)17-8-6-7-16(11-17)13-22-19(20-5-2)21-12-15-9-10-15/h6-8,11,14-15H,4-5,9-10,12-13H2,1-3H3,(H,23,24)(H2,20,21,22). The molecule has 1 fully saturated rings. The van der Waals surface area contributed by atoms with E-state index in [1.165, 1.54) is 12.8 Å². The molecule has 0 bridgehead atoms. The third-order valence-electron chi connectivity index (χ3n) is 4.20. The van der Waals surface area contributed by atoms with E-state index in [9.17, 15) is 4.79 Å². The van der Waals surface area contributed by atoms with E-state index in [-0.39, 0.29) is 11.9 Å². The largest absolute Gasteiger partial charge is 0.357 e. The molecule has 0 saturated heterocycles. The zero-order chi connectivity index (χ0) is 17.4. The van der Waals surface area contributed by atoms with Gasteiger partial charge < -0.3 is 16.0 Å². The minimum Gasteiger partial charge on any atom is -0.357 e. The highest BCUT2D eigenvalue weighted by Crippen LogP contribution is 2.27. The number of aliphatic imine (C=N–C) groups is 1. The van der Waals surface area contributed by atoms with Crippen LogP contribution in [0.25, 0.3) is 0 Å². The number of nitrogens with zero attached hydrogens (tertiary/aromatic N) is 1. The van der Waals surface area contributed by atoms with Gasteiger partial charge in [-0.15, -0.1) is 0 Å². The van der Waals surface area contributed by atoms with Crippen LogP contribution in [-0.2, 0) is 6.54 Å². The number of rotatable bonds is 8. The van der Waals surface area contributed by atoms with Crippen molar-refractivity contribution in [3.63, 3.8) is 0 Å². The van der Waals surface area contributed by atoms with Gasteiger partial charge in [-0.2, -0.15) is 0 Å². The summed E-state index contributed by atoms with van der Waals surface area (Å²) in [6.45, 7) is 8.53. The summed E-state index contributed by atoms with van der Waals surface area (Å²) in [7, 11) is 0. The molecule has 1 saturated carbocycles. The first-order valence-corrected chi connectivity index (χ1v) is 9.04. The molecule has 132 valence electrons. The number of guanidine groups is 1. The predicted octanol–water partition coefficient (Wildman–Crippen LogP) is 2.68. The van der Waals surface area contributed by atoms with Crippen molar-refractivity contribution in [1.82, 2.24) is 16.0 Å². The molecule has 0 aromatic heterocycles. The van der Waals surface area contributed by atoms with Gasteiger partial charge in [0.2, 0.25) is 0 Å². The molecule has 0 aliphatic heterocycles. The zero-order valence-corrected chi connectivity index (χ0v) is 15.1. The molecule has 1 atom stereocenters. The average molecular weight is 330 g/mol. The maximum Gasteiger partial charge on any atom is 0.251 e. The first kappa shape index (κ1) is 18.3. The molecule has 0 heterocycles. The number of benzene rings is 1. The predicted molar refractivity (Wildman–Crippen MR) is 99.2 cm³/mol. The summed E-state index contributed by atoms with van der Waals surface area (Å²) < 4.78 is 0. The lowest BCUT2D eigenvalue weighted by Gasteiger charge is -2.12. The van der Waals surface area contributed by atoms with Gasteiger partial charge in [-0.3, -0.25) is 4.79 Å². The molecule has 1 aliphatic carbocycles. The maximum absolute atomic E-state index is 12.2. The first-order valence-electron chi connectivity index (χ1n) is 9.04. The Morgan fingerprint density at radius 3 is 2.75 bits per heavy atom. The third kappa shape index (κ3) is 6.22. The van der Waals surface area contributed by atoms with Gasteiger partial charge in [0.1, 0.15) is 0 Å². The van der Waals surface area contributed by atoms with Crippen LogP contribution in [0.4, 0.5) is 0 Å². The molecule has 1 aromatic carbocycles. The van der Waals surface area contributed by atoms with E-state index in [1.54, 1.807) is 0 Å². The minimum atomic E-state index is -0.0195. The number of nitrogens with one attached hydrogen (secondary N) is 3. The Kier molecular flexibility index (Phi) is 7.09. The van der Waals surface area contributed by atoms with Crippen LogP contribution in [0.1, 0.15) is 56.0 Å². The molecule has 5 nitrogen and oxygen atoms in total. The first-order chi connectivity index (χ1) is 11.6. The van der Waals surface area contributed by atoms with Crippen molar-refractivity contribution in [3.8, 4) is 0 Å². The molecule has 5 heteroatoms. The fourth-order valence-corrected chi connectivity index (χ4v) is 2.30. The van der Waals surface area contributed by atoms with E-state index < -0.39 is 0 Å². The van der Waals surface area contributed by atoms with Crippen molar-refractivity contribution >= 4 is 11.9 Å². The van der Waals surface area contributed by atoms with Gasteiger partial charge >= 0.3 is 0 Å². The van der Waals surface area contributed by atoms with Gasteiger partial charge in [-0.1, -0.05) is 19.1 Å². The summed E-state index contributed by atoms with van der Waals surface area (Å²) in [4.78, 5) is 16.8. The van der Waals surface area contributed by atoms with Crippen LogP contribution in [0.5, 0.6) is 0 Å². The molecule has 0 spiro atoms. The lowest BCUT2D eigenvalue weighted by molar-refractivity contribution is 0.0939. The molecular formula is C19H30N4O. The zero-order valence-electron chi connectivity index (χ0n) is 15.1. The van der Waals surface area contributed by atoms with Crippen molar-refractivity contribution in [2.75, 3.05) is 13.1 Å². The van der Waals surface area contributed by atoms with Gasteiger partial charge in [-0.05, 0) is 56.7 Å². The molecule has 1 aliphatic rings. The third-order valence-corrected chi connectivity index (χ3v) is 4.20. The smallest absolute Gasteiger partial charge is 0.251 e. The Labute approximate surface area is 145 Å². The number of carbonyl (C=O) groups is 1. The summed E-state index contributed by atoms with van der Waals surface area (Å²) in [5.74, 6) is 1.63. The Balaban J connectivity index is 1.95. The number of hydrogen-bond donors (Lipinski definition) is 3. The van der Waals surface area contributed by atoms with Crippen LogP contribution >= 0.6 is 0 Å². The minimum absolute atomic E-state index is 0.0195.